The van der Waals surface area contributed by atoms with E-state index in [1.807, 2.05) is 0 Å². The van der Waals surface area contributed by atoms with E-state index in [1.165, 1.54) is 23.1 Å². The van der Waals surface area contributed by atoms with Gasteiger partial charge in [0.15, 0.2) is 0 Å². The van der Waals surface area contributed by atoms with Crippen molar-refractivity contribution in [1.29, 1.82) is 0 Å². The molecule has 1 aromatic heterocycles. The zero-order chi connectivity index (χ0) is 13.1. The van der Waals surface area contributed by atoms with Gasteiger partial charge >= 0.3 is 0 Å². The van der Waals surface area contributed by atoms with Gasteiger partial charge in [0.05, 0.1) is 5.69 Å². The van der Waals surface area contributed by atoms with Crippen LogP contribution in [0.5, 0.6) is 0 Å². The van der Waals surface area contributed by atoms with E-state index in [4.69, 9.17) is 5.73 Å². The standard InChI is InChI=1S/C10H9BrFN5O/c11-6-1-2-7(12)8(3-6)15-9(18)4-17-5-14-10(13)16-17/h1-3,5H,4H2,(H2,13,16)(H,15,18). The summed E-state index contributed by atoms with van der Waals surface area (Å²) < 4.78 is 15.3. The number of carbonyl (C=O) groups is 1. The number of halogens is 2. The SMILES string of the molecule is Nc1ncn(CC(=O)Nc2cc(Br)ccc2F)n1. The van der Waals surface area contributed by atoms with E-state index in [0.717, 1.165) is 0 Å². The average Bonchev–Trinajstić information content (AvgIpc) is 2.69. The largest absolute Gasteiger partial charge is 0.367 e. The molecule has 1 aromatic carbocycles. The van der Waals surface area contributed by atoms with Gasteiger partial charge in [0.25, 0.3) is 0 Å². The Bertz CT molecular complexity index is 585. The predicted octanol–water partition coefficient (Wildman–Crippen LogP) is 1.40. The van der Waals surface area contributed by atoms with E-state index >= 15 is 0 Å². The van der Waals surface area contributed by atoms with Crippen LogP contribution >= 0.6 is 15.9 Å². The molecule has 0 atom stereocenters. The van der Waals surface area contributed by atoms with Gasteiger partial charge in [-0.15, -0.1) is 5.10 Å². The van der Waals surface area contributed by atoms with Crippen molar-refractivity contribution in [2.45, 2.75) is 6.54 Å². The molecule has 2 aromatic rings. The van der Waals surface area contributed by atoms with Gasteiger partial charge in [-0.25, -0.2) is 14.1 Å². The number of nitrogen functional groups attached to an aromatic ring is 1. The van der Waals surface area contributed by atoms with Crippen LogP contribution in [0.15, 0.2) is 29.0 Å². The molecule has 3 N–H and O–H groups in total. The van der Waals surface area contributed by atoms with Gasteiger partial charge in [-0.3, -0.25) is 4.79 Å². The fraction of sp³-hybridized carbons (Fsp3) is 0.100. The summed E-state index contributed by atoms with van der Waals surface area (Å²) in [6.07, 6.45) is 1.33. The molecule has 0 saturated carbocycles. The van der Waals surface area contributed by atoms with Gasteiger partial charge < -0.3 is 11.1 Å². The number of anilines is 2. The van der Waals surface area contributed by atoms with E-state index in [1.54, 1.807) is 6.07 Å². The van der Waals surface area contributed by atoms with Crippen molar-refractivity contribution < 1.29 is 9.18 Å². The molecular formula is C10H9BrFN5O. The van der Waals surface area contributed by atoms with Crippen LogP contribution in [0.1, 0.15) is 0 Å². The zero-order valence-corrected chi connectivity index (χ0v) is 10.7. The lowest BCUT2D eigenvalue weighted by molar-refractivity contribution is -0.116. The molecular weight excluding hydrogens is 305 g/mol. The molecule has 1 amide bonds. The summed E-state index contributed by atoms with van der Waals surface area (Å²) in [5.74, 6) is -0.849. The minimum Gasteiger partial charge on any atom is -0.367 e. The number of benzene rings is 1. The smallest absolute Gasteiger partial charge is 0.246 e. The normalized spacial score (nSPS) is 10.3. The molecule has 1 heterocycles. The second-order valence-electron chi connectivity index (χ2n) is 3.47. The maximum atomic E-state index is 13.4. The number of hydrogen-bond acceptors (Lipinski definition) is 4. The van der Waals surface area contributed by atoms with E-state index in [2.05, 4.69) is 31.3 Å². The Morgan fingerprint density at radius 1 is 1.56 bits per heavy atom. The molecule has 0 bridgehead atoms. The Labute approximate surface area is 110 Å². The van der Waals surface area contributed by atoms with Gasteiger partial charge in [0.2, 0.25) is 11.9 Å². The predicted molar refractivity (Wildman–Crippen MR) is 67.2 cm³/mol. The Hall–Kier alpha value is -1.96. The van der Waals surface area contributed by atoms with Crippen LogP contribution in [0, 0.1) is 5.82 Å². The maximum Gasteiger partial charge on any atom is 0.246 e. The number of carbonyl (C=O) groups excluding carboxylic acids is 1. The number of nitrogens with two attached hydrogens (primary N) is 1. The molecule has 0 aliphatic heterocycles. The summed E-state index contributed by atoms with van der Waals surface area (Å²) >= 11 is 3.19. The van der Waals surface area contributed by atoms with Crippen molar-refractivity contribution in [3.05, 3.63) is 34.8 Å². The lowest BCUT2D eigenvalue weighted by atomic mass is 10.3. The molecule has 0 fully saturated rings. The molecule has 2 rings (SSSR count). The topological polar surface area (TPSA) is 85.8 Å². The molecule has 6 nitrogen and oxygen atoms in total. The quantitative estimate of drug-likeness (QED) is 0.897. The second kappa shape index (κ2) is 5.13. The van der Waals surface area contributed by atoms with Gasteiger partial charge in [-0.2, -0.15) is 0 Å². The van der Waals surface area contributed by atoms with Crippen molar-refractivity contribution in [2.75, 3.05) is 11.1 Å². The number of rotatable bonds is 3. The summed E-state index contributed by atoms with van der Waals surface area (Å²) in [5.41, 5.74) is 5.41. The number of nitrogens with one attached hydrogen (secondary N) is 1. The van der Waals surface area contributed by atoms with Crippen molar-refractivity contribution in [1.82, 2.24) is 14.8 Å². The van der Waals surface area contributed by atoms with Crippen LogP contribution in [0.25, 0.3) is 0 Å². The van der Waals surface area contributed by atoms with Crippen LogP contribution < -0.4 is 11.1 Å². The zero-order valence-electron chi connectivity index (χ0n) is 9.10. The fourth-order valence-corrected chi connectivity index (χ4v) is 1.68. The minimum absolute atomic E-state index is 0.0800. The first kappa shape index (κ1) is 12.5. The van der Waals surface area contributed by atoms with Crippen LogP contribution in [0.3, 0.4) is 0 Å². The first-order valence-electron chi connectivity index (χ1n) is 4.94. The van der Waals surface area contributed by atoms with Crippen molar-refractivity contribution in [3.63, 3.8) is 0 Å². The third kappa shape index (κ3) is 3.04. The van der Waals surface area contributed by atoms with E-state index in [0.29, 0.717) is 4.47 Å². The Balaban J connectivity index is 2.05. The fourth-order valence-electron chi connectivity index (χ4n) is 1.32. The van der Waals surface area contributed by atoms with Crippen molar-refractivity contribution in [3.8, 4) is 0 Å². The lowest BCUT2D eigenvalue weighted by Crippen LogP contribution is -2.19. The highest BCUT2D eigenvalue weighted by Gasteiger charge is 2.09. The van der Waals surface area contributed by atoms with E-state index in [-0.39, 0.29) is 18.2 Å². The van der Waals surface area contributed by atoms with Crippen LogP contribution in [0.4, 0.5) is 16.0 Å². The van der Waals surface area contributed by atoms with Crippen molar-refractivity contribution in [2.24, 2.45) is 0 Å². The third-order valence-corrected chi connectivity index (χ3v) is 2.56. The first-order chi connectivity index (χ1) is 8.54. The average molecular weight is 314 g/mol. The monoisotopic (exact) mass is 313 g/mol. The Morgan fingerprint density at radius 2 is 2.33 bits per heavy atom. The molecule has 0 saturated heterocycles. The van der Waals surface area contributed by atoms with Gasteiger partial charge in [-0.05, 0) is 18.2 Å². The molecule has 0 aliphatic rings. The summed E-state index contributed by atoms with van der Waals surface area (Å²) in [6.45, 7) is -0.0871. The second-order valence-corrected chi connectivity index (χ2v) is 4.39. The maximum absolute atomic E-state index is 13.4. The summed E-state index contributed by atoms with van der Waals surface area (Å²) in [5, 5.41) is 6.19. The third-order valence-electron chi connectivity index (χ3n) is 2.06. The first-order valence-corrected chi connectivity index (χ1v) is 5.74. The molecule has 8 heteroatoms. The highest BCUT2D eigenvalue weighted by atomic mass is 79.9. The molecule has 0 unspecified atom stereocenters. The summed E-state index contributed by atoms with van der Waals surface area (Å²) in [6, 6.07) is 4.28. The van der Waals surface area contributed by atoms with Gasteiger partial charge in [0, 0.05) is 4.47 Å². The Morgan fingerprint density at radius 3 is 3.00 bits per heavy atom. The van der Waals surface area contributed by atoms with Crippen molar-refractivity contribution >= 4 is 33.5 Å². The molecule has 94 valence electrons. The van der Waals surface area contributed by atoms with Crippen LogP contribution in [-0.2, 0) is 11.3 Å². The van der Waals surface area contributed by atoms with E-state index < -0.39 is 11.7 Å². The highest BCUT2D eigenvalue weighted by Crippen LogP contribution is 2.19. The van der Waals surface area contributed by atoms with Gasteiger partial charge in [-0.1, -0.05) is 15.9 Å². The minimum atomic E-state index is -0.510. The van der Waals surface area contributed by atoms with Crippen LogP contribution in [0.2, 0.25) is 0 Å². The lowest BCUT2D eigenvalue weighted by Gasteiger charge is -2.06. The summed E-state index contributed by atoms with van der Waals surface area (Å²) in [7, 11) is 0. The summed E-state index contributed by atoms with van der Waals surface area (Å²) in [4.78, 5) is 15.3. The molecule has 18 heavy (non-hydrogen) atoms. The number of aromatic nitrogens is 3. The number of amides is 1. The highest BCUT2D eigenvalue weighted by molar-refractivity contribution is 9.10. The number of hydrogen-bond donors (Lipinski definition) is 2. The molecule has 0 radical (unpaired) electrons. The molecule has 0 aliphatic carbocycles. The Kier molecular flexibility index (Phi) is 3.56. The molecule has 0 spiro atoms. The van der Waals surface area contributed by atoms with E-state index in [9.17, 15) is 9.18 Å². The van der Waals surface area contributed by atoms with Crippen LogP contribution in [-0.4, -0.2) is 20.7 Å². The number of nitrogens with zero attached hydrogens (tertiary/aromatic N) is 3. The van der Waals surface area contributed by atoms with Gasteiger partial charge in [0.1, 0.15) is 18.7 Å².